The monoisotopic (exact) mass is 406 g/mol. The van der Waals surface area contributed by atoms with Gasteiger partial charge in [-0.2, -0.15) is 0 Å². The van der Waals surface area contributed by atoms with Crippen molar-refractivity contribution in [1.82, 2.24) is 19.9 Å². The number of likely N-dealkylation sites (tertiary alicyclic amines) is 1. The van der Waals surface area contributed by atoms with Crippen LogP contribution in [0.15, 0.2) is 52.9 Å². The zero-order valence-corrected chi connectivity index (χ0v) is 17.1. The van der Waals surface area contributed by atoms with Crippen LogP contribution in [0.4, 0.5) is 0 Å². The molecule has 1 aliphatic heterocycles. The third-order valence-electron chi connectivity index (χ3n) is 5.66. The second-order valence-electron chi connectivity index (χ2n) is 7.74. The van der Waals surface area contributed by atoms with Crippen molar-refractivity contribution in [2.75, 3.05) is 13.1 Å². The van der Waals surface area contributed by atoms with E-state index in [0.717, 1.165) is 66.4 Å². The number of aryl methyl sites for hydroxylation is 1. The van der Waals surface area contributed by atoms with E-state index in [1.807, 2.05) is 43.3 Å². The van der Waals surface area contributed by atoms with Crippen molar-refractivity contribution in [1.29, 1.82) is 0 Å². The molecule has 2 aromatic heterocycles. The molecule has 0 amide bonds. The van der Waals surface area contributed by atoms with Gasteiger partial charge in [0.1, 0.15) is 11.6 Å². The summed E-state index contributed by atoms with van der Waals surface area (Å²) in [4.78, 5) is 15.5. The van der Waals surface area contributed by atoms with Crippen LogP contribution in [0.1, 0.15) is 36.0 Å². The number of H-pyrrole nitrogens is 1. The molecule has 0 bridgehead atoms. The van der Waals surface area contributed by atoms with Crippen LogP contribution >= 0.6 is 11.6 Å². The van der Waals surface area contributed by atoms with E-state index in [4.69, 9.17) is 26.0 Å². The molecule has 148 valence electrons. The highest BCUT2D eigenvalue weighted by atomic mass is 35.5. The first kappa shape index (κ1) is 18.4. The minimum atomic E-state index is 0.416. The molecule has 1 saturated heterocycles. The highest BCUT2D eigenvalue weighted by Gasteiger charge is 2.25. The van der Waals surface area contributed by atoms with Crippen LogP contribution in [0.5, 0.6) is 0 Å². The molecule has 5 rings (SSSR count). The lowest BCUT2D eigenvalue weighted by atomic mass is 9.97. The number of oxazole rings is 1. The van der Waals surface area contributed by atoms with Crippen LogP contribution in [0, 0.1) is 6.92 Å². The SMILES string of the molecule is Cc1oc(-c2ccc(Cl)cc2)nc1CN1CCC[C@H](c2nc3ccccc3[nH]2)C1. The molecular weight excluding hydrogens is 384 g/mol. The number of benzene rings is 2. The van der Waals surface area contributed by atoms with Crippen LogP contribution in [0.2, 0.25) is 5.02 Å². The van der Waals surface area contributed by atoms with E-state index in [1.54, 1.807) is 0 Å². The van der Waals surface area contributed by atoms with Crippen LogP contribution in [-0.2, 0) is 6.54 Å². The molecule has 0 aliphatic carbocycles. The summed E-state index contributed by atoms with van der Waals surface area (Å²) in [5.41, 5.74) is 4.10. The summed E-state index contributed by atoms with van der Waals surface area (Å²) in [6, 6.07) is 15.8. The number of piperidine rings is 1. The number of rotatable bonds is 4. The largest absolute Gasteiger partial charge is 0.441 e. The van der Waals surface area contributed by atoms with Gasteiger partial charge in [-0.3, -0.25) is 4.90 Å². The molecule has 0 spiro atoms. The number of hydrogen-bond acceptors (Lipinski definition) is 4. The molecule has 1 fully saturated rings. The molecule has 5 nitrogen and oxygen atoms in total. The molecule has 0 unspecified atom stereocenters. The van der Waals surface area contributed by atoms with Crippen molar-refractivity contribution in [3.05, 3.63) is 70.8 Å². The van der Waals surface area contributed by atoms with Crippen LogP contribution in [-0.4, -0.2) is 32.9 Å². The number of halogens is 1. The maximum absolute atomic E-state index is 5.99. The van der Waals surface area contributed by atoms with Crippen molar-refractivity contribution >= 4 is 22.6 Å². The molecule has 0 radical (unpaired) electrons. The van der Waals surface area contributed by atoms with E-state index >= 15 is 0 Å². The maximum atomic E-state index is 5.99. The molecule has 4 aromatic rings. The van der Waals surface area contributed by atoms with Gasteiger partial charge < -0.3 is 9.40 Å². The summed E-state index contributed by atoms with van der Waals surface area (Å²) in [6.45, 7) is 4.82. The molecule has 1 atom stereocenters. The average Bonchev–Trinajstić information content (AvgIpc) is 3.33. The lowest BCUT2D eigenvalue weighted by Gasteiger charge is -2.31. The molecular formula is C23H23ClN4O. The first-order valence-electron chi connectivity index (χ1n) is 10.0. The summed E-state index contributed by atoms with van der Waals surface area (Å²) >= 11 is 5.99. The van der Waals surface area contributed by atoms with Gasteiger partial charge in [-0.15, -0.1) is 0 Å². The Hall–Kier alpha value is -2.63. The van der Waals surface area contributed by atoms with Gasteiger partial charge >= 0.3 is 0 Å². The number of aromatic nitrogens is 3. The van der Waals surface area contributed by atoms with Gasteiger partial charge in [0.15, 0.2) is 0 Å². The Morgan fingerprint density at radius 2 is 1.97 bits per heavy atom. The predicted octanol–water partition coefficient (Wildman–Crippen LogP) is 5.56. The van der Waals surface area contributed by atoms with Crippen LogP contribution < -0.4 is 0 Å². The van der Waals surface area contributed by atoms with Gasteiger partial charge in [-0.05, 0) is 62.7 Å². The Balaban J connectivity index is 1.32. The summed E-state index contributed by atoms with van der Waals surface area (Å²) in [5, 5.41) is 0.710. The molecule has 29 heavy (non-hydrogen) atoms. The molecule has 1 N–H and O–H groups in total. The summed E-state index contributed by atoms with van der Waals surface area (Å²) in [5.74, 6) is 3.04. The van der Waals surface area contributed by atoms with Crippen molar-refractivity contribution in [2.45, 2.75) is 32.2 Å². The van der Waals surface area contributed by atoms with Crippen molar-refractivity contribution in [3.63, 3.8) is 0 Å². The number of para-hydroxylation sites is 2. The standard InChI is InChI=1S/C23H23ClN4O/c1-15-21(27-23(29-15)16-8-10-18(24)11-9-16)14-28-12-4-5-17(13-28)22-25-19-6-2-3-7-20(19)26-22/h2-3,6-11,17H,4-5,12-14H2,1H3,(H,25,26)/t17-/m0/s1. The minimum Gasteiger partial charge on any atom is -0.441 e. The molecule has 1 aliphatic rings. The quantitative estimate of drug-likeness (QED) is 0.482. The second-order valence-corrected chi connectivity index (χ2v) is 8.18. The van der Waals surface area contributed by atoms with Gasteiger partial charge in [-0.1, -0.05) is 23.7 Å². The first-order valence-corrected chi connectivity index (χ1v) is 10.4. The fourth-order valence-electron chi connectivity index (χ4n) is 4.09. The molecule has 6 heteroatoms. The topological polar surface area (TPSA) is 58.0 Å². The zero-order chi connectivity index (χ0) is 19.8. The molecule has 0 saturated carbocycles. The van der Waals surface area contributed by atoms with Crippen LogP contribution in [0.25, 0.3) is 22.5 Å². The number of nitrogens with one attached hydrogen (secondary N) is 1. The Labute approximate surface area is 174 Å². The van der Waals surface area contributed by atoms with E-state index in [9.17, 15) is 0 Å². The van der Waals surface area contributed by atoms with Gasteiger partial charge in [0, 0.05) is 29.6 Å². The summed E-state index contributed by atoms with van der Waals surface area (Å²) in [7, 11) is 0. The lowest BCUT2D eigenvalue weighted by Crippen LogP contribution is -2.34. The fourth-order valence-corrected chi connectivity index (χ4v) is 4.22. The van der Waals surface area contributed by atoms with Gasteiger partial charge in [0.2, 0.25) is 5.89 Å². The smallest absolute Gasteiger partial charge is 0.226 e. The number of hydrogen-bond donors (Lipinski definition) is 1. The highest BCUT2D eigenvalue weighted by molar-refractivity contribution is 6.30. The Bertz CT molecular complexity index is 1100. The van der Waals surface area contributed by atoms with Crippen LogP contribution in [0.3, 0.4) is 0 Å². The highest BCUT2D eigenvalue weighted by Crippen LogP contribution is 2.29. The van der Waals surface area contributed by atoms with E-state index in [0.29, 0.717) is 16.8 Å². The van der Waals surface area contributed by atoms with E-state index in [1.165, 1.54) is 0 Å². The third kappa shape index (κ3) is 3.80. The van der Waals surface area contributed by atoms with Gasteiger partial charge in [0.25, 0.3) is 0 Å². The number of fused-ring (bicyclic) bond motifs is 1. The molecule has 2 aromatic carbocycles. The number of imidazole rings is 1. The van der Waals surface area contributed by atoms with E-state index in [-0.39, 0.29) is 0 Å². The lowest BCUT2D eigenvalue weighted by molar-refractivity contribution is 0.194. The van der Waals surface area contributed by atoms with E-state index in [2.05, 4.69) is 22.0 Å². The Kier molecular flexibility index (Phi) is 4.86. The third-order valence-corrected chi connectivity index (χ3v) is 5.91. The Morgan fingerprint density at radius 3 is 2.79 bits per heavy atom. The van der Waals surface area contributed by atoms with Crippen molar-refractivity contribution in [2.24, 2.45) is 0 Å². The van der Waals surface area contributed by atoms with Gasteiger partial charge in [-0.25, -0.2) is 9.97 Å². The van der Waals surface area contributed by atoms with Gasteiger partial charge in [0.05, 0.1) is 16.7 Å². The average molecular weight is 407 g/mol. The number of aromatic amines is 1. The van der Waals surface area contributed by atoms with Crippen molar-refractivity contribution < 1.29 is 4.42 Å². The summed E-state index contributed by atoms with van der Waals surface area (Å²) in [6.07, 6.45) is 2.31. The fraction of sp³-hybridized carbons (Fsp3) is 0.304. The molecule has 3 heterocycles. The maximum Gasteiger partial charge on any atom is 0.226 e. The number of nitrogens with zero attached hydrogens (tertiary/aromatic N) is 3. The first-order chi connectivity index (χ1) is 14.2. The zero-order valence-electron chi connectivity index (χ0n) is 16.4. The van der Waals surface area contributed by atoms with E-state index < -0.39 is 0 Å². The second kappa shape index (κ2) is 7.65. The summed E-state index contributed by atoms with van der Waals surface area (Å²) < 4.78 is 5.93. The van der Waals surface area contributed by atoms with Crippen molar-refractivity contribution in [3.8, 4) is 11.5 Å². The minimum absolute atomic E-state index is 0.416. The predicted molar refractivity (Wildman–Crippen MR) is 115 cm³/mol. The normalized spacial score (nSPS) is 17.8. The Morgan fingerprint density at radius 1 is 1.14 bits per heavy atom.